The standard InChI is InChI=1S/C23H27N3O2/c1-23(2,26-12-11-16-7-3-4-8-17(16)14-26)15-24-22(28)19-13-21(27)25-20-10-6-5-9-18(19)20/h3-10,19H,11-15H2,1-2H3,(H,24,28)(H,25,27). The highest BCUT2D eigenvalue weighted by atomic mass is 16.2. The van der Waals surface area contributed by atoms with Gasteiger partial charge in [0, 0.05) is 37.3 Å². The summed E-state index contributed by atoms with van der Waals surface area (Å²) in [4.78, 5) is 27.4. The van der Waals surface area contributed by atoms with Crippen molar-refractivity contribution in [2.45, 2.75) is 44.7 Å². The molecule has 2 aromatic carbocycles. The summed E-state index contributed by atoms with van der Waals surface area (Å²) in [5, 5.41) is 5.97. The molecule has 28 heavy (non-hydrogen) atoms. The first-order valence-corrected chi connectivity index (χ1v) is 9.92. The summed E-state index contributed by atoms with van der Waals surface area (Å²) < 4.78 is 0. The Hall–Kier alpha value is -2.66. The summed E-state index contributed by atoms with van der Waals surface area (Å²) in [6.07, 6.45) is 1.23. The van der Waals surface area contributed by atoms with Crippen molar-refractivity contribution in [3.8, 4) is 0 Å². The van der Waals surface area contributed by atoms with E-state index < -0.39 is 5.92 Å². The van der Waals surface area contributed by atoms with Crippen molar-refractivity contribution in [2.24, 2.45) is 0 Å². The second-order valence-corrected chi connectivity index (χ2v) is 8.36. The average molecular weight is 377 g/mol. The maximum absolute atomic E-state index is 12.9. The minimum atomic E-state index is -0.428. The van der Waals surface area contributed by atoms with Crippen LogP contribution in [0.25, 0.3) is 0 Å². The van der Waals surface area contributed by atoms with Gasteiger partial charge in [0.2, 0.25) is 11.8 Å². The summed E-state index contributed by atoms with van der Waals surface area (Å²) in [6, 6.07) is 16.1. The van der Waals surface area contributed by atoms with E-state index in [0.717, 1.165) is 30.8 Å². The molecule has 5 heteroatoms. The first-order chi connectivity index (χ1) is 13.4. The van der Waals surface area contributed by atoms with E-state index >= 15 is 0 Å². The zero-order chi connectivity index (χ0) is 19.7. The minimum Gasteiger partial charge on any atom is -0.354 e. The molecule has 2 heterocycles. The Morgan fingerprint density at radius 3 is 2.68 bits per heavy atom. The van der Waals surface area contributed by atoms with Crippen LogP contribution in [0.2, 0.25) is 0 Å². The second-order valence-electron chi connectivity index (χ2n) is 8.36. The number of hydrogen-bond donors (Lipinski definition) is 2. The number of hydrogen-bond acceptors (Lipinski definition) is 3. The number of fused-ring (bicyclic) bond motifs is 2. The Morgan fingerprint density at radius 2 is 1.86 bits per heavy atom. The van der Waals surface area contributed by atoms with Crippen LogP contribution in [0.15, 0.2) is 48.5 Å². The van der Waals surface area contributed by atoms with E-state index in [4.69, 9.17) is 0 Å². The molecule has 2 aliphatic rings. The summed E-state index contributed by atoms with van der Waals surface area (Å²) in [5.41, 5.74) is 4.25. The molecule has 5 nitrogen and oxygen atoms in total. The topological polar surface area (TPSA) is 61.4 Å². The van der Waals surface area contributed by atoms with Crippen molar-refractivity contribution >= 4 is 17.5 Å². The van der Waals surface area contributed by atoms with Gasteiger partial charge in [-0.05, 0) is 43.0 Å². The maximum Gasteiger partial charge on any atom is 0.228 e. The Balaban J connectivity index is 1.43. The highest BCUT2D eigenvalue weighted by Crippen LogP contribution is 2.32. The number of benzene rings is 2. The van der Waals surface area contributed by atoms with Crippen molar-refractivity contribution in [1.82, 2.24) is 10.2 Å². The molecule has 0 aromatic heterocycles. The zero-order valence-electron chi connectivity index (χ0n) is 16.5. The first kappa shape index (κ1) is 18.7. The third kappa shape index (κ3) is 3.67. The minimum absolute atomic E-state index is 0.0761. The molecule has 146 valence electrons. The smallest absolute Gasteiger partial charge is 0.228 e. The number of amides is 2. The van der Waals surface area contributed by atoms with Crippen molar-refractivity contribution < 1.29 is 9.59 Å². The molecule has 2 amide bonds. The summed E-state index contributed by atoms with van der Waals surface area (Å²) in [7, 11) is 0. The van der Waals surface area contributed by atoms with Gasteiger partial charge in [0.1, 0.15) is 0 Å². The lowest BCUT2D eigenvalue weighted by Crippen LogP contribution is -2.53. The van der Waals surface area contributed by atoms with Crippen LogP contribution >= 0.6 is 0 Å². The molecule has 1 atom stereocenters. The number of rotatable bonds is 4. The van der Waals surface area contributed by atoms with Crippen LogP contribution in [0, 0.1) is 0 Å². The van der Waals surface area contributed by atoms with Crippen molar-refractivity contribution in [3.05, 3.63) is 65.2 Å². The predicted molar refractivity (Wildman–Crippen MR) is 110 cm³/mol. The van der Waals surface area contributed by atoms with Gasteiger partial charge in [-0.2, -0.15) is 0 Å². The molecular formula is C23H27N3O2. The number of anilines is 1. The van der Waals surface area contributed by atoms with Gasteiger partial charge >= 0.3 is 0 Å². The van der Waals surface area contributed by atoms with Gasteiger partial charge in [0.15, 0.2) is 0 Å². The lowest BCUT2D eigenvalue weighted by Gasteiger charge is -2.42. The molecule has 2 aromatic rings. The van der Waals surface area contributed by atoms with Gasteiger partial charge in [-0.1, -0.05) is 42.5 Å². The van der Waals surface area contributed by atoms with Crippen LogP contribution in [0.5, 0.6) is 0 Å². The molecular weight excluding hydrogens is 350 g/mol. The van der Waals surface area contributed by atoms with Crippen molar-refractivity contribution in [2.75, 3.05) is 18.4 Å². The fourth-order valence-electron chi connectivity index (χ4n) is 4.20. The Morgan fingerprint density at radius 1 is 1.14 bits per heavy atom. The lowest BCUT2D eigenvalue weighted by molar-refractivity contribution is -0.126. The third-order valence-corrected chi connectivity index (χ3v) is 6.00. The van der Waals surface area contributed by atoms with E-state index in [1.54, 1.807) is 0 Å². The van der Waals surface area contributed by atoms with E-state index in [9.17, 15) is 9.59 Å². The van der Waals surface area contributed by atoms with Crippen LogP contribution in [0.1, 0.15) is 42.9 Å². The third-order valence-electron chi connectivity index (χ3n) is 6.00. The molecule has 0 saturated heterocycles. The van der Waals surface area contributed by atoms with E-state index in [1.165, 1.54) is 11.1 Å². The summed E-state index contributed by atoms with van der Waals surface area (Å²) in [6.45, 7) is 6.77. The fourth-order valence-corrected chi connectivity index (χ4v) is 4.20. The molecule has 0 radical (unpaired) electrons. The zero-order valence-corrected chi connectivity index (χ0v) is 16.5. The number of nitrogens with one attached hydrogen (secondary N) is 2. The molecule has 0 aliphatic carbocycles. The van der Waals surface area contributed by atoms with Gasteiger partial charge in [-0.3, -0.25) is 14.5 Å². The fraction of sp³-hybridized carbons (Fsp3) is 0.391. The van der Waals surface area contributed by atoms with Crippen LogP contribution in [0.3, 0.4) is 0 Å². The number of carbonyl (C=O) groups is 2. The summed E-state index contributed by atoms with van der Waals surface area (Å²) >= 11 is 0. The lowest BCUT2D eigenvalue weighted by atomic mass is 9.89. The monoisotopic (exact) mass is 377 g/mol. The molecule has 2 aliphatic heterocycles. The maximum atomic E-state index is 12.9. The van der Waals surface area contributed by atoms with E-state index in [1.807, 2.05) is 24.3 Å². The van der Waals surface area contributed by atoms with Gasteiger partial charge in [0.05, 0.1) is 5.92 Å². The molecule has 0 spiro atoms. The Bertz CT molecular complexity index is 906. The number of para-hydroxylation sites is 1. The molecule has 0 bridgehead atoms. The largest absolute Gasteiger partial charge is 0.354 e. The van der Waals surface area contributed by atoms with Crippen molar-refractivity contribution in [3.63, 3.8) is 0 Å². The van der Waals surface area contributed by atoms with Gasteiger partial charge in [-0.15, -0.1) is 0 Å². The van der Waals surface area contributed by atoms with E-state index in [-0.39, 0.29) is 23.8 Å². The average Bonchev–Trinajstić information content (AvgIpc) is 2.71. The van der Waals surface area contributed by atoms with Crippen LogP contribution in [0.4, 0.5) is 5.69 Å². The second kappa shape index (κ2) is 7.40. The number of nitrogens with zero attached hydrogens (tertiary/aromatic N) is 1. The highest BCUT2D eigenvalue weighted by Gasteiger charge is 2.33. The SMILES string of the molecule is CC(C)(CNC(=O)C1CC(=O)Nc2ccccc21)N1CCc2ccccc2C1. The van der Waals surface area contributed by atoms with Crippen molar-refractivity contribution in [1.29, 1.82) is 0 Å². The predicted octanol–water partition coefficient (Wildman–Crippen LogP) is 3.07. The van der Waals surface area contributed by atoms with Crippen LogP contribution in [-0.4, -0.2) is 35.3 Å². The van der Waals surface area contributed by atoms with Gasteiger partial charge < -0.3 is 10.6 Å². The van der Waals surface area contributed by atoms with Gasteiger partial charge in [-0.25, -0.2) is 0 Å². The molecule has 2 N–H and O–H groups in total. The normalized spacial score (nSPS) is 19.4. The molecule has 4 rings (SSSR count). The Kier molecular flexibility index (Phi) is 4.94. The van der Waals surface area contributed by atoms with Gasteiger partial charge in [0.25, 0.3) is 0 Å². The van der Waals surface area contributed by atoms with Crippen LogP contribution < -0.4 is 10.6 Å². The molecule has 0 saturated carbocycles. The highest BCUT2D eigenvalue weighted by molar-refractivity contribution is 6.01. The first-order valence-electron chi connectivity index (χ1n) is 9.92. The number of carbonyl (C=O) groups excluding carboxylic acids is 2. The summed E-state index contributed by atoms with van der Waals surface area (Å²) in [5.74, 6) is -0.610. The molecule has 1 unspecified atom stereocenters. The molecule has 0 fully saturated rings. The quantitative estimate of drug-likeness (QED) is 0.861. The van der Waals surface area contributed by atoms with E-state index in [0.29, 0.717) is 6.54 Å². The van der Waals surface area contributed by atoms with E-state index in [2.05, 4.69) is 53.6 Å². The Labute approximate surface area is 166 Å². The van der Waals surface area contributed by atoms with Crippen LogP contribution in [-0.2, 0) is 22.6 Å².